The maximum atomic E-state index is 5.87. The number of nitrogens with two attached hydrogens (primary N) is 1. The normalized spacial score (nSPS) is 18.6. The zero-order valence-corrected chi connectivity index (χ0v) is 10.8. The third kappa shape index (κ3) is 3.97. The molecule has 1 aromatic heterocycles. The lowest BCUT2D eigenvalue weighted by Crippen LogP contribution is -2.39. The van der Waals surface area contributed by atoms with Crippen LogP contribution in [0.4, 0.5) is 0 Å². The lowest BCUT2D eigenvalue weighted by molar-refractivity contribution is 0.530. The molecule has 0 unspecified atom stereocenters. The molecule has 1 fully saturated rings. The highest BCUT2D eigenvalue weighted by Gasteiger charge is 2.12. The van der Waals surface area contributed by atoms with Gasteiger partial charge in [-0.15, -0.1) is 10.2 Å². The minimum Gasteiger partial charge on any atom is -0.370 e. The Morgan fingerprint density at radius 1 is 1.39 bits per heavy atom. The topological polar surface area (TPSA) is 94.0 Å². The average Bonchev–Trinajstić information content (AvgIpc) is 2.60. The Hall–Kier alpha value is -1.66. The van der Waals surface area contributed by atoms with Gasteiger partial charge in [0.15, 0.2) is 11.8 Å². The first-order chi connectivity index (χ1) is 8.74. The van der Waals surface area contributed by atoms with Crippen molar-refractivity contribution in [3.05, 3.63) is 5.82 Å². The van der Waals surface area contributed by atoms with Crippen LogP contribution < -0.4 is 11.1 Å². The molecule has 7 heteroatoms. The van der Waals surface area contributed by atoms with E-state index in [0.29, 0.717) is 24.4 Å². The van der Waals surface area contributed by atoms with E-state index in [2.05, 4.69) is 25.7 Å². The van der Waals surface area contributed by atoms with Crippen LogP contribution in [0.5, 0.6) is 0 Å². The Bertz CT molecular complexity index is 390. The highest BCUT2D eigenvalue weighted by Crippen LogP contribution is 2.16. The molecule has 2 rings (SSSR count). The Morgan fingerprint density at radius 2 is 2.11 bits per heavy atom. The Kier molecular flexibility index (Phi) is 4.49. The summed E-state index contributed by atoms with van der Waals surface area (Å²) in [7, 11) is 1.73. The number of hydrogen-bond donors (Lipinski definition) is 2. The second-order valence-corrected chi connectivity index (χ2v) is 4.73. The average molecular weight is 251 g/mol. The molecule has 18 heavy (non-hydrogen) atoms. The smallest absolute Gasteiger partial charge is 0.196 e. The molecule has 0 aliphatic heterocycles. The summed E-state index contributed by atoms with van der Waals surface area (Å²) < 4.78 is 0. The van der Waals surface area contributed by atoms with Gasteiger partial charge in [0.1, 0.15) is 6.54 Å². The quantitative estimate of drug-likeness (QED) is 0.459. The largest absolute Gasteiger partial charge is 0.370 e. The molecule has 1 heterocycles. The van der Waals surface area contributed by atoms with Crippen LogP contribution in [0, 0.1) is 0 Å². The second-order valence-electron chi connectivity index (χ2n) is 4.73. The lowest BCUT2D eigenvalue weighted by Gasteiger charge is -2.16. The number of rotatable bonds is 3. The molecule has 0 saturated heterocycles. The van der Waals surface area contributed by atoms with Crippen molar-refractivity contribution in [1.29, 1.82) is 0 Å². The van der Waals surface area contributed by atoms with Crippen molar-refractivity contribution in [1.82, 2.24) is 25.5 Å². The van der Waals surface area contributed by atoms with E-state index in [-0.39, 0.29) is 0 Å². The fourth-order valence-electron chi connectivity index (χ4n) is 2.22. The van der Waals surface area contributed by atoms with Gasteiger partial charge in [-0.3, -0.25) is 0 Å². The van der Waals surface area contributed by atoms with Crippen molar-refractivity contribution in [2.75, 3.05) is 0 Å². The fourth-order valence-corrected chi connectivity index (χ4v) is 2.22. The summed E-state index contributed by atoms with van der Waals surface area (Å²) in [5.41, 5.74) is 5.87. The third-order valence-electron chi connectivity index (χ3n) is 3.15. The molecule has 100 valence electrons. The minimum atomic E-state index is 0.374. The zero-order valence-electron chi connectivity index (χ0n) is 10.8. The molecule has 0 aromatic carbocycles. The molecule has 0 amide bonds. The van der Waals surface area contributed by atoms with Crippen LogP contribution in [0.25, 0.3) is 0 Å². The second kappa shape index (κ2) is 6.32. The summed E-state index contributed by atoms with van der Waals surface area (Å²) in [5, 5.41) is 14.9. The fraction of sp³-hybridized carbons (Fsp3) is 0.818. The van der Waals surface area contributed by atoms with Crippen molar-refractivity contribution in [2.24, 2.45) is 17.8 Å². The van der Waals surface area contributed by atoms with E-state index in [1.807, 2.05) is 0 Å². The number of aliphatic imine (C=N–C) groups is 1. The van der Waals surface area contributed by atoms with Gasteiger partial charge >= 0.3 is 0 Å². The number of aryl methyl sites for hydroxylation is 1. The molecular weight excluding hydrogens is 230 g/mol. The van der Waals surface area contributed by atoms with E-state index in [9.17, 15) is 0 Å². The van der Waals surface area contributed by atoms with E-state index in [0.717, 1.165) is 0 Å². The van der Waals surface area contributed by atoms with Crippen LogP contribution in [0.1, 0.15) is 44.3 Å². The monoisotopic (exact) mass is 251 g/mol. The zero-order chi connectivity index (χ0) is 12.8. The number of guanidine groups is 1. The molecule has 1 aromatic rings. The Labute approximate surface area is 107 Å². The van der Waals surface area contributed by atoms with Gasteiger partial charge in [-0.2, -0.15) is 4.80 Å². The predicted molar refractivity (Wildman–Crippen MR) is 68.8 cm³/mol. The van der Waals surface area contributed by atoms with Gasteiger partial charge in [0.2, 0.25) is 0 Å². The first kappa shape index (κ1) is 12.8. The first-order valence-corrected chi connectivity index (χ1v) is 6.53. The summed E-state index contributed by atoms with van der Waals surface area (Å²) in [4.78, 5) is 5.65. The molecule has 7 nitrogen and oxygen atoms in total. The van der Waals surface area contributed by atoms with Crippen molar-refractivity contribution < 1.29 is 0 Å². The molecule has 1 aliphatic carbocycles. The van der Waals surface area contributed by atoms with E-state index < -0.39 is 0 Å². The molecule has 0 radical (unpaired) electrons. The molecule has 3 N–H and O–H groups in total. The Morgan fingerprint density at radius 3 is 2.72 bits per heavy atom. The van der Waals surface area contributed by atoms with E-state index >= 15 is 0 Å². The van der Waals surface area contributed by atoms with Crippen LogP contribution in [0.2, 0.25) is 0 Å². The van der Waals surface area contributed by atoms with Crippen LogP contribution in [-0.4, -0.2) is 32.2 Å². The van der Waals surface area contributed by atoms with Gasteiger partial charge in [0.25, 0.3) is 0 Å². The maximum absolute atomic E-state index is 5.87. The van der Waals surface area contributed by atoms with Crippen molar-refractivity contribution >= 4 is 5.96 Å². The van der Waals surface area contributed by atoms with E-state index in [1.54, 1.807) is 7.05 Å². The van der Waals surface area contributed by atoms with Gasteiger partial charge in [0, 0.05) is 6.04 Å². The number of tetrazole rings is 1. The van der Waals surface area contributed by atoms with Gasteiger partial charge in [-0.25, -0.2) is 4.99 Å². The van der Waals surface area contributed by atoms with Gasteiger partial charge in [-0.1, -0.05) is 25.7 Å². The minimum absolute atomic E-state index is 0.374. The number of nitrogens with one attached hydrogen (secondary N) is 1. The standard InChI is InChI=1S/C11H21N7/c1-18-16-10(15-17-18)8-13-11(12)14-9-6-4-2-3-5-7-9/h9H,2-8H2,1H3,(H3,12,13,14). The third-order valence-corrected chi connectivity index (χ3v) is 3.15. The molecule has 0 spiro atoms. The predicted octanol–water partition coefficient (Wildman–Crippen LogP) is 0.337. The van der Waals surface area contributed by atoms with Crippen LogP contribution in [0.3, 0.4) is 0 Å². The van der Waals surface area contributed by atoms with E-state index in [1.165, 1.54) is 43.3 Å². The lowest BCUT2D eigenvalue weighted by atomic mass is 10.1. The maximum Gasteiger partial charge on any atom is 0.196 e. The molecule has 1 aliphatic rings. The summed E-state index contributed by atoms with van der Waals surface area (Å²) >= 11 is 0. The summed E-state index contributed by atoms with van der Waals surface area (Å²) in [6.45, 7) is 0.374. The summed E-state index contributed by atoms with van der Waals surface area (Å²) in [6.07, 6.45) is 7.57. The SMILES string of the molecule is Cn1nnc(CN=C(N)NC2CCCCCC2)n1. The van der Waals surface area contributed by atoms with Crippen molar-refractivity contribution in [2.45, 2.75) is 51.1 Å². The summed E-state index contributed by atoms with van der Waals surface area (Å²) in [5.74, 6) is 1.07. The summed E-state index contributed by atoms with van der Waals surface area (Å²) in [6, 6.07) is 0.464. The molecule has 0 atom stereocenters. The van der Waals surface area contributed by atoms with Crippen LogP contribution >= 0.6 is 0 Å². The van der Waals surface area contributed by atoms with Gasteiger partial charge < -0.3 is 11.1 Å². The highest BCUT2D eigenvalue weighted by molar-refractivity contribution is 5.78. The molecule has 0 bridgehead atoms. The van der Waals surface area contributed by atoms with Crippen LogP contribution in [0.15, 0.2) is 4.99 Å². The van der Waals surface area contributed by atoms with Crippen molar-refractivity contribution in [3.8, 4) is 0 Å². The number of hydrogen-bond acceptors (Lipinski definition) is 4. The molecule has 1 saturated carbocycles. The Balaban J connectivity index is 1.80. The van der Waals surface area contributed by atoms with Crippen LogP contribution in [-0.2, 0) is 13.6 Å². The first-order valence-electron chi connectivity index (χ1n) is 6.53. The number of aromatic nitrogens is 4. The van der Waals surface area contributed by atoms with E-state index in [4.69, 9.17) is 5.73 Å². The highest BCUT2D eigenvalue weighted by atomic mass is 15.6. The van der Waals surface area contributed by atoms with Gasteiger partial charge in [0.05, 0.1) is 7.05 Å². The number of nitrogens with zero attached hydrogens (tertiary/aromatic N) is 5. The molecular formula is C11H21N7. The van der Waals surface area contributed by atoms with Crippen molar-refractivity contribution in [3.63, 3.8) is 0 Å². The van der Waals surface area contributed by atoms with Gasteiger partial charge in [-0.05, 0) is 18.1 Å².